The molecule has 9 heteroatoms. The predicted molar refractivity (Wildman–Crippen MR) is 103 cm³/mol. The van der Waals surface area contributed by atoms with Gasteiger partial charge in [0, 0.05) is 17.8 Å². The van der Waals surface area contributed by atoms with E-state index in [1.807, 2.05) is 0 Å². The first-order chi connectivity index (χ1) is 13.3. The van der Waals surface area contributed by atoms with E-state index in [-0.39, 0.29) is 29.4 Å². The van der Waals surface area contributed by atoms with E-state index in [2.05, 4.69) is 15.8 Å². The van der Waals surface area contributed by atoms with Crippen molar-refractivity contribution < 1.29 is 29.3 Å². The molecule has 2 amide bonds. The lowest BCUT2D eigenvalue weighted by Gasteiger charge is -2.11. The van der Waals surface area contributed by atoms with Crippen LogP contribution in [0.3, 0.4) is 0 Å². The maximum Gasteiger partial charge on any atom is 0.275 e. The zero-order chi connectivity index (χ0) is 20.7. The van der Waals surface area contributed by atoms with Crippen LogP contribution in [-0.2, 0) is 4.79 Å². The first kappa shape index (κ1) is 20.6. The number of ether oxygens (including phenoxy) is 2. The molecule has 28 heavy (non-hydrogen) atoms. The zero-order valence-electron chi connectivity index (χ0n) is 15.6. The lowest BCUT2D eigenvalue weighted by molar-refractivity contribution is -0.115. The Morgan fingerprint density at radius 2 is 1.82 bits per heavy atom. The van der Waals surface area contributed by atoms with Crippen molar-refractivity contribution in [2.24, 2.45) is 5.10 Å². The number of hydrogen-bond donors (Lipinski definition) is 4. The molecule has 0 unspecified atom stereocenters. The number of phenolic OH excluding ortho intramolecular Hbond substituents is 2. The maximum absolute atomic E-state index is 12.2. The number of phenols is 2. The van der Waals surface area contributed by atoms with Crippen LogP contribution in [0.1, 0.15) is 23.7 Å². The van der Waals surface area contributed by atoms with Crippen LogP contribution < -0.4 is 20.2 Å². The Kier molecular flexibility index (Phi) is 6.80. The molecule has 9 nitrogen and oxygen atoms in total. The summed E-state index contributed by atoms with van der Waals surface area (Å²) in [6.07, 6.45) is -0.0811. The summed E-state index contributed by atoms with van der Waals surface area (Å²) in [6.45, 7) is 1.57. The van der Waals surface area contributed by atoms with Crippen molar-refractivity contribution in [3.05, 3.63) is 42.0 Å². The van der Waals surface area contributed by atoms with E-state index in [1.165, 1.54) is 26.4 Å². The number of rotatable bonds is 7. The van der Waals surface area contributed by atoms with Crippen LogP contribution in [0.4, 0.5) is 5.69 Å². The molecule has 0 aliphatic rings. The van der Waals surface area contributed by atoms with Gasteiger partial charge in [0.1, 0.15) is 23.0 Å². The number of methoxy groups -OCH3 is 2. The van der Waals surface area contributed by atoms with E-state index in [1.54, 1.807) is 25.1 Å². The van der Waals surface area contributed by atoms with Crippen LogP contribution in [0.15, 0.2) is 41.5 Å². The molecular formula is C19H21N3O6. The van der Waals surface area contributed by atoms with E-state index in [0.29, 0.717) is 22.9 Å². The molecule has 0 aliphatic heterocycles. The summed E-state index contributed by atoms with van der Waals surface area (Å²) >= 11 is 0. The van der Waals surface area contributed by atoms with Crippen LogP contribution >= 0.6 is 0 Å². The standard InChI is InChI=1S/C19H21N3O6/c1-11(21-22-19(26)14-6-4-12(23)9-16(14)24)8-18(25)20-15-10-13(27-2)5-7-17(15)28-3/h4-7,9-10,23-24H,8H2,1-3H3,(H,20,25)(H,22,26)/b21-11+. The van der Waals surface area contributed by atoms with E-state index < -0.39 is 5.91 Å². The third-order valence-corrected chi connectivity index (χ3v) is 3.67. The van der Waals surface area contributed by atoms with Gasteiger partial charge in [-0.3, -0.25) is 9.59 Å². The van der Waals surface area contributed by atoms with Crippen molar-refractivity contribution in [1.82, 2.24) is 5.43 Å². The third kappa shape index (κ3) is 5.37. The van der Waals surface area contributed by atoms with Crippen LogP contribution in [0.5, 0.6) is 23.0 Å². The number of hydrogen-bond acceptors (Lipinski definition) is 7. The Morgan fingerprint density at radius 1 is 1.07 bits per heavy atom. The molecule has 0 bridgehead atoms. The number of benzene rings is 2. The highest BCUT2D eigenvalue weighted by Crippen LogP contribution is 2.29. The van der Waals surface area contributed by atoms with Crippen molar-refractivity contribution in [3.63, 3.8) is 0 Å². The molecule has 4 N–H and O–H groups in total. The maximum atomic E-state index is 12.2. The van der Waals surface area contributed by atoms with Gasteiger partial charge in [-0.15, -0.1) is 0 Å². The largest absolute Gasteiger partial charge is 0.508 e. The average molecular weight is 387 g/mol. The molecule has 0 fully saturated rings. The SMILES string of the molecule is COc1ccc(OC)c(NC(=O)C/C(C)=N/NC(=O)c2ccc(O)cc2O)c1. The normalized spacial score (nSPS) is 10.9. The fraction of sp³-hybridized carbons (Fsp3) is 0.211. The first-order valence-corrected chi connectivity index (χ1v) is 8.21. The molecule has 2 aromatic carbocycles. The Morgan fingerprint density at radius 3 is 2.46 bits per heavy atom. The highest BCUT2D eigenvalue weighted by Gasteiger charge is 2.13. The van der Waals surface area contributed by atoms with Crippen molar-refractivity contribution >= 4 is 23.2 Å². The minimum Gasteiger partial charge on any atom is -0.508 e. The van der Waals surface area contributed by atoms with Gasteiger partial charge >= 0.3 is 0 Å². The quantitative estimate of drug-likeness (QED) is 0.426. The number of hydrazone groups is 1. The number of amides is 2. The summed E-state index contributed by atoms with van der Waals surface area (Å²) in [4.78, 5) is 24.2. The molecule has 2 aromatic rings. The van der Waals surface area contributed by atoms with Crippen LogP contribution in [0.25, 0.3) is 0 Å². The fourth-order valence-electron chi connectivity index (χ4n) is 2.30. The molecule has 0 atom stereocenters. The van der Waals surface area contributed by atoms with Gasteiger partial charge < -0.3 is 25.0 Å². The summed E-state index contributed by atoms with van der Waals surface area (Å²) in [6, 6.07) is 8.56. The smallest absolute Gasteiger partial charge is 0.275 e. The lowest BCUT2D eigenvalue weighted by atomic mass is 10.2. The molecule has 0 saturated carbocycles. The molecule has 148 valence electrons. The lowest BCUT2D eigenvalue weighted by Crippen LogP contribution is -2.21. The molecule has 0 spiro atoms. The Labute approximate surface area is 161 Å². The third-order valence-electron chi connectivity index (χ3n) is 3.67. The number of nitrogens with one attached hydrogen (secondary N) is 2. The van der Waals surface area contributed by atoms with Gasteiger partial charge in [-0.2, -0.15) is 5.10 Å². The summed E-state index contributed by atoms with van der Waals surface area (Å²) in [5.41, 5.74) is 2.98. The van der Waals surface area contributed by atoms with Crippen molar-refractivity contribution in [3.8, 4) is 23.0 Å². The molecule has 0 radical (unpaired) electrons. The molecule has 0 heterocycles. The summed E-state index contributed by atoms with van der Waals surface area (Å²) < 4.78 is 10.3. The van der Waals surface area contributed by atoms with Crippen molar-refractivity contribution in [2.75, 3.05) is 19.5 Å². The van der Waals surface area contributed by atoms with Gasteiger partial charge in [-0.1, -0.05) is 0 Å². The second-order valence-corrected chi connectivity index (χ2v) is 5.78. The monoisotopic (exact) mass is 387 g/mol. The van der Waals surface area contributed by atoms with Crippen LogP contribution in [-0.4, -0.2) is 42.0 Å². The van der Waals surface area contributed by atoms with Gasteiger partial charge in [0.25, 0.3) is 5.91 Å². The zero-order valence-corrected chi connectivity index (χ0v) is 15.6. The van der Waals surface area contributed by atoms with Gasteiger partial charge in [0.2, 0.25) is 5.91 Å². The van der Waals surface area contributed by atoms with E-state index in [4.69, 9.17) is 9.47 Å². The minimum absolute atomic E-state index is 0.0556. The summed E-state index contributed by atoms with van der Waals surface area (Å²) in [5.74, 6) is -0.560. The molecule has 2 rings (SSSR count). The second-order valence-electron chi connectivity index (χ2n) is 5.78. The molecular weight excluding hydrogens is 366 g/mol. The number of nitrogens with zero attached hydrogens (tertiary/aromatic N) is 1. The highest BCUT2D eigenvalue weighted by molar-refractivity contribution is 6.06. The van der Waals surface area contributed by atoms with E-state index in [9.17, 15) is 19.8 Å². The number of anilines is 1. The van der Waals surface area contributed by atoms with Gasteiger partial charge in [-0.05, 0) is 31.2 Å². The number of aromatic hydroxyl groups is 2. The van der Waals surface area contributed by atoms with Crippen molar-refractivity contribution in [2.45, 2.75) is 13.3 Å². The topological polar surface area (TPSA) is 129 Å². The van der Waals surface area contributed by atoms with Crippen molar-refractivity contribution in [1.29, 1.82) is 0 Å². The molecule has 0 aliphatic carbocycles. The van der Waals surface area contributed by atoms with Crippen LogP contribution in [0, 0.1) is 0 Å². The summed E-state index contributed by atoms with van der Waals surface area (Å²) in [5, 5.41) is 25.5. The molecule has 0 aromatic heterocycles. The predicted octanol–water partition coefficient (Wildman–Crippen LogP) is 2.25. The Balaban J connectivity index is 1.99. The Bertz CT molecular complexity index is 911. The van der Waals surface area contributed by atoms with Crippen LogP contribution in [0.2, 0.25) is 0 Å². The fourth-order valence-corrected chi connectivity index (χ4v) is 2.30. The first-order valence-electron chi connectivity index (χ1n) is 8.21. The van der Waals surface area contributed by atoms with Gasteiger partial charge in [0.05, 0.1) is 31.9 Å². The summed E-state index contributed by atoms with van der Waals surface area (Å²) in [7, 11) is 3.00. The average Bonchev–Trinajstić information content (AvgIpc) is 2.65. The van der Waals surface area contributed by atoms with Gasteiger partial charge in [-0.25, -0.2) is 5.43 Å². The minimum atomic E-state index is -0.674. The molecule has 0 saturated heterocycles. The van der Waals surface area contributed by atoms with E-state index >= 15 is 0 Å². The number of carbonyl (C=O) groups is 2. The van der Waals surface area contributed by atoms with Gasteiger partial charge in [0.15, 0.2) is 0 Å². The second kappa shape index (κ2) is 9.26. The Hall–Kier alpha value is -3.75. The van der Waals surface area contributed by atoms with E-state index in [0.717, 1.165) is 6.07 Å². The number of carbonyl (C=O) groups excluding carboxylic acids is 2. The highest BCUT2D eigenvalue weighted by atomic mass is 16.5.